The molecular weight excluding hydrogens is 302 g/mol. The lowest BCUT2D eigenvalue weighted by molar-refractivity contribution is 0.0387. The quantitative estimate of drug-likeness (QED) is 0.801. The molecule has 1 aromatic carbocycles. The number of hydrogen-bond donors (Lipinski definition) is 1. The minimum atomic E-state index is -0.665. The Kier molecular flexibility index (Phi) is 4.02. The van der Waals surface area contributed by atoms with Gasteiger partial charge in [-0.1, -0.05) is 31.4 Å². The molecule has 0 saturated heterocycles. The van der Waals surface area contributed by atoms with E-state index in [1.807, 2.05) is 18.3 Å². The molecule has 0 bridgehead atoms. The van der Waals surface area contributed by atoms with Gasteiger partial charge in [0.1, 0.15) is 0 Å². The van der Waals surface area contributed by atoms with Crippen LogP contribution in [0.4, 0.5) is 0 Å². The summed E-state index contributed by atoms with van der Waals surface area (Å²) in [4.78, 5) is 4.95. The summed E-state index contributed by atoms with van der Waals surface area (Å²) in [7, 11) is 0. The van der Waals surface area contributed by atoms with E-state index in [9.17, 15) is 5.11 Å². The molecule has 2 aliphatic rings. The van der Waals surface area contributed by atoms with Crippen LogP contribution in [0.3, 0.4) is 0 Å². The lowest BCUT2D eigenvalue weighted by Crippen LogP contribution is -2.26. The zero-order valence-electron chi connectivity index (χ0n) is 13.8. The molecule has 1 N–H and O–H groups in total. The van der Waals surface area contributed by atoms with Crippen molar-refractivity contribution in [1.82, 2.24) is 4.98 Å². The number of nitrogens with zero attached hydrogens (tertiary/aromatic N) is 1. The molecular formula is C20H25NOS. The van der Waals surface area contributed by atoms with Crippen molar-refractivity contribution < 1.29 is 5.11 Å². The number of fused-ring (bicyclic) bond motifs is 1. The van der Waals surface area contributed by atoms with Crippen molar-refractivity contribution in [3.05, 3.63) is 39.7 Å². The van der Waals surface area contributed by atoms with Crippen molar-refractivity contribution >= 4 is 11.3 Å². The Balaban J connectivity index is 1.62. The first-order valence-electron chi connectivity index (χ1n) is 8.95. The molecule has 1 atom stereocenters. The summed E-state index contributed by atoms with van der Waals surface area (Å²) in [5.74, 6) is 0.681. The van der Waals surface area contributed by atoms with E-state index in [0.29, 0.717) is 5.92 Å². The second-order valence-corrected chi connectivity index (χ2v) is 8.29. The van der Waals surface area contributed by atoms with E-state index in [1.165, 1.54) is 48.2 Å². The topological polar surface area (TPSA) is 33.1 Å². The minimum Gasteiger partial charge on any atom is -0.385 e. The Hall–Kier alpha value is -1.19. The maximum absolute atomic E-state index is 10.5. The third-order valence-electron chi connectivity index (χ3n) is 5.57. The van der Waals surface area contributed by atoms with Crippen LogP contribution in [0.2, 0.25) is 0 Å². The summed E-state index contributed by atoms with van der Waals surface area (Å²) in [5.41, 5.74) is 4.06. The fraction of sp³-hybridized carbons (Fsp3) is 0.550. The van der Waals surface area contributed by atoms with E-state index >= 15 is 0 Å². The molecule has 2 aliphatic carbocycles. The fourth-order valence-electron chi connectivity index (χ4n) is 4.20. The van der Waals surface area contributed by atoms with Gasteiger partial charge < -0.3 is 5.11 Å². The standard InChI is InChI=1S/C20H25NOS/c1-20(22)11-5-8-15-12-16(9-10-17(15)20)18-13-23-19(21-18)14-6-3-2-4-7-14/h9-10,12-14,22H,2-8,11H2,1H3. The van der Waals surface area contributed by atoms with Gasteiger partial charge in [0.2, 0.25) is 0 Å². The van der Waals surface area contributed by atoms with Crippen LogP contribution in [0.1, 0.15) is 73.9 Å². The summed E-state index contributed by atoms with van der Waals surface area (Å²) in [6.45, 7) is 1.94. The monoisotopic (exact) mass is 327 g/mol. The molecule has 23 heavy (non-hydrogen) atoms. The summed E-state index contributed by atoms with van der Waals surface area (Å²) >= 11 is 1.83. The first-order chi connectivity index (χ1) is 11.1. The van der Waals surface area contributed by atoms with Crippen LogP contribution in [0.5, 0.6) is 0 Å². The number of rotatable bonds is 2. The maximum Gasteiger partial charge on any atom is 0.0963 e. The zero-order chi connectivity index (χ0) is 15.9. The molecule has 2 aromatic rings. The number of hydrogen-bond acceptors (Lipinski definition) is 3. The summed E-state index contributed by atoms with van der Waals surface area (Å²) in [6, 6.07) is 6.50. The Morgan fingerprint density at radius 1 is 1.17 bits per heavy atom. The molecule has 1 fully saturated rings. The molecule has 1 heterocycles. The van der Waals surface area contributed by atoms with E-state index in [1.54, 1.807) is 0 Å². The smallest absolute Gasteiger partial charge is 0.0963 e. The second kappa shape index (κ2) is 6.03. The molecule has 1 saturated carbocycles. The van der Waals surface area contributed by atoms with Crippen LogP contribution in [-0.4, -0.2) is 10.1 Å². The molecule has 0 spiro atoms. The van der Waals surface area contributed by atoms with Gasteiger partial charge in [-0.2, -0.15) is 0 Å². The first-order valence-corrected chi connectivity index (χ1v) is 9.83. The summed E-state index contributed by atoms with van der Waals surface area (Å²) in [5, 5.41) is 14.1. The lowest BCUT2D eigenvalue weighted by Gasteiger charge is -2.31. The van der Waals surface area contributed by atoms with Gasteiger partial charge in [-0.15, -0.1) is 11.3 Å². The Bertz CT molecular complexity index is 697. The maximum atomic E-state index is 10.5. The highest BCUT2D eigenvalue weighted by molar-refractivity contribution is 7.10. The molecule has 0 amide bonds. The van der Waals surface area contributed by atoms with Crippen molar-refractivity contribution in [2.24, 2.45) is 0 Å². The van der Waals surface area contributed by atoms with Crippen LogP contribution >= 0.6 is 11.3 Å². The fourth-order valence-corrected chi connectivity index (χ4v) is 5.20. The molecule has 1 aromatic heterocycles. The summed E-state index contributed by atoms with van der Waals surface area (Å²) < 4.78 is 0. The van der Waals surface area contributed by atoms with Gasteiger partial charge in [-0.05, 0) is 56.2 Å². The zero-order valence-corrected chi connectivity index (χ0v) is 14.7. The highest BCUT2D eigenvalue weighted by Gasteiger charge is 2.29. The van der Waals surface area contributed by atoms with Crippen LogP contribution in [0.25, 0.3) is 11.3 Å². The number of aryl methyl sites for hydroxylation is 1. The van der Waals surface area contributed by atoms with Crippen molar-refractivity contribution in [3.8, 4) is 11.3 Å². The van der Waals surface area contributed by atoms with Gasteiger partial charge >= 0.3 is 0 Å². The van der Waals surface area contributed by atoms with Crippen LogP contribution in [-0.2, 0) is 12.0 Å². The molecule has 1 unspecified atom stereocenters. The van der Waals surface area contributed by atoms with Gasteiger partial charge in [-0.3, -0.25) is 0 Å². The van der Waals surface area contributed by atoms with Gasteiger partial charge in [-0.25, -0.2) is 4.98 Å². The van der Waals surface area contributed by atoms with E-state index in [0.717, 1.165) is 30.5 Å². The third-order valence-corrected chi connectivity index (χ3v) is 6.57. The van der Waals surface area contributed by atoms with Crippen molar-refractivity contribution in [2.75, 3.05) is 0 Å². The number of aromatic nitrogens is 1. The normalized spacial score (nSPS) is 25.3. The van der Waals surface area contributed by atoms with Crippen molar-refractivity contribution in [3.63, 3.8) is 0 Å². The third kappa shape index (κ3) is 2.97. The van der Waals surface area contributed by atoms with E-state index in [-0.39, 0.29) is 0 Å². The van der Waals surface area contributed by atoms with E-state index in [4.69, 9.17) is 4.98 Å². The SMILES string of the molecule is CC1(O)CCCc2cc(-c3csc(C4CCCCC4)n3)ccc21. The molecule has 122 valence electrons. The minimum absolute atomic E-state index is 0.665. The number of benzene rings is 1. The first kappa shape index (κ1) is 15.3. The Labute approximate surface area is 142 Å². The summed E-state index contributed by atoms with van der Waals surface area (Å²) in [6.07, 6.45) is 9.70. The molecule has 4 rings (SSSR count). The molecule has 3 heteroatoms. The number of thiazole rings is 1. The Morgan fingerprint density at radius 3 is 2.83 bits per heavy atom. The van der Waals surface area contributed by atoms with Gasteiger partial charge in [0.15, 0.2) is 0 Å². The molecule has 0 radical (unpaired) electrons. The van der Waals surface area contributed by atoms with E-state index in [2.05, 4.69) is 23.6 Å². The van der Waals surface area contributed by atoms with Crippen LogP contribution < -0.4 is 0 Å². The average molecular weight is 327 g/mol. The average Bonchev–Trinajstić information content (AvgIpc) is 3.05. The highest BCUT2D eigenvalue weighted by Crippen LogP contribution is 2.39. The van der Waals surface area contributed by atoms with Crippen molar-refractivity contribution in [2.45, 2.75) is 69.8 Å². The van der Waals surface area contributed by atoms with Gasteiger partial charge in [0.05, 0.1) is 16.3 Å². The lowest BCUT2D eigenvalue weighted by atomic mass is 9.79. The molecule has 2 nitrogen and oxygen atoms in total. The Morgan fingerprint density at radius 2 is 2.00 bits per heavy atom. The largest absolute Gasteiger partial charge is 0.385 e. The highest BCUT2D eigenvalue weighted by atomic mass is 32.1. The number of aliphatic hydroxyl groups is 1. The van der Waals surface area contributed by atoms with Gasteiger partial charge in [0, 0.05) is 16.9 Å². The predicted octanol–water partition coefficient (Wildman–Crippen LogP) is 5.40. The van der Waals surface area contributed by atoms with Crippen LogP contribution in [0, 0.1) is 0 Å². The van der Waals surface area contributed by atoms with Crippen LogP contribution in [0.15, 0.2) is 23.6 Å². The van der Waals surface area contributed by atoms with E-state index < -0.39 is 5.60 Å². The molecule has 0 aliphatic heterocycles. The predicted molar refractivity (Wildman–Crippen MR) is 95.9 cm³/mol. The van der Waals surface area contributed by atoms with Crippen molar-refractivity contribution in [1.29, 1.82) is 0 Å². The van der Waals surface area contributed by atoms with Gasteiger partial charge in [0.25, 0.3) is 0 Å². The second-order valence-electron chi connectivity index (χ2n) is 7.41.